The molecule has 227 valence electrons. The summed E-state index contributed by atoms with van der Waals surface area (Å²) in [4.78, 5) is 24.9. The van der Waals surface area contributed by atoms with Gasteiger partial charge in [0.2, 0.25) is 0 Å². The summed E-state index contributed by atoms with van der Waals surface area (Å²) in [5.74, 6) is -3.39. The fourth-order valence-corrected chi connectivity index (χ4v) is 6.22. The fraction of sp³-hybridized carbons (Fsp3) is 0. The summed E-state index contributed by atoms with van der Waals surface area (Å²) >= 11 is 0. The number of rotatable bonds is 10. The first-order valence-corrected chi connectivity index (χ1v) is 15.0. The third-order valence-electron chi connectivity index (χ3n) is 6.02. The molecule has 0 bridgehead atoms. The van der Waals surface area contributed by atoms with Crippen molar-refractivity contribution in [3.8, 4) is 5.75 Å². The number of benzene rings is 4. The van der Waals surface area contributed by atoms with Crippen LogP contribution >= 0.6 is 0 Å². The molecule has 0 unspecified atom stereocenters. The van der Waals surface area contributed by atoms with Gasteiger partial charge in [-0.05, 0) is 78.5 Å². The molecule has 0 fully saturated rings. The first kappa shape index (κ1) is 33.1. The number of azo groups is 1. The van der Waals surface area contributed by atoms with Crippen LogP contribution in [0.3, 0.4) is 0 Å². The summed E-state index contributed by atoms with van der Waals surface area (Å²) in [7, 11) is -8.83. The van der Waals surface area contributed by atoms with E-state index in [1.165, 1.54) is 60.7 Å². The molecule has 0 saturated heterocycles. The number of aliphatic imine (C=N–C) groups is 1. The average molecular weight is 726 g/mol. The van der Waals surface area contributed by atoms with Crippen LogP contribution in [0.1, 0.15) is 20.7 Å². The third-order valence-corrected chi connectivity index (χ3v) is 8.79. The Balaban J connectivity index is 0.00000461. The summed E-state index contributed by atoms with van der Waals surface area (Å²) in [6.45, 7) is 0. The number of guanidine groups is 1. The van der Waals surface area contributed by atoms with Crippen LogP contribution in [0.25, 0.3) is 10.8 Å². The minimum absolute atomic E-state index is 0. The second kappa shape index (κ2) is 13.1. The maximum atomic E-state index is 13.4. The van der Waals surface area contributed by atoms with E-state index in [4.69, 9.17) is 10.2 Å². The largest absolute Gasteiger partial charge is 0.504 e. The fourth-order valence-electron chi connectivity index (χ4n) is 3.93. The molecule has 4 aromatic carbocycles. The summed E-state index contributed by atoms with van der Waals surface area (Å²) in [6, 6.07) is 14.4. The maximum Gasteiger partial charge on any atom is 0.335 e. The number of hydrogen-bond donors (Lipinski definition) is 6. The van der Waals surface area contributed by atoms with Gasteiger partial charge in [0.05, 0.1) is 16.0 Å². The van der Waals surface area contributed by atoms with E-state index in [1.54, 1.807) is 0 Å². The van der Waals surface area contributed by atoms with Crippen LogP contribution in [0.4, 0.5) is 17.1 Å². The van der Waals surface area contributed by atoms with Crippen molar-refractivity contribution in [3.63, 3.8) is 0 Å². The van der Waals surface area contributed by atoms with Crippen molar-refractivity contribution < 1.29 is 74.5 Å². The molecular weight excluding hydrogens is 707 g/mol. The van der Waals surface area contributed by atoms with Crippen molar-refractivity contribution in [3.05, 3.63) is 83.9 Å². The summed E-state index contributed by atoms with van der Waals surface area (Å²) in [5.41, 5.74) is 2.16. The van der Waals surface area contributed by atoms with Crippen molar-refractivity contribution in [1.82, 2.24) is 0 Å². The Hall–Kier alpha value is -4.78. The zero-order valence-corrected chi connectivity index (χ0v) is 26.9. The number of carbonyl (C=O) groups is 2. The molecule has 0 aromatic heterocycles. The Morgan fingerprint density at radius 1 is 0.778 bits per heavy atom. The van der Waals surface area contributed by atoms with Gasteiger partial charge in [0, 0.05) is 49.5 Å². The zero-order chi connectivity index (χ0) is 31.6. The molecule has 1 aliphatic heterocycles. The topological polar surface area (TPSA) is 249 Å². The Labute approximate surface area is 279 Å². The van der Waals surface area contributed by atoms with Gasteiger partial charge in [-0.3, -0.25) is 20.0 Å². The van der Waals surface area contributed by atoms with Crippen molar-refractivity contribution in [2.45, 2.75) is 9.79 Å². The van der Waals surface area contributed by atoms with Crippen molar-refractivity contribution in [2.24, 2.45) is 20.3 Å². The van der Waals surface area contributed by atoms with Crippen LogP contribution in [0.2, 0.25) is 0 Å². The van der Waals surface area contributed by atoms with E-state index < -0.39 is 42.6 Å². The number of anilines is 3. The molecule has 0 atom stereocenters. The number of aromatic hydroxyl groups is 1. The Morgan fingerprint density at radius 2 is 1.33 bits per heavy atom. The molecular formula is C26H18N7O9S2Y-. The van der Waals surface area contributed by atoms with Crippen LogP contribution in [0.5, 0.6) is 5.75 Å². The smallest absolute Gasteiger partial charge is 0.335 e. The third kappa shape index (κ3) is 7.31. The number of hydrogen-bond acceptors (Lipinski definition) is 10. The standard InChI is InChI=1S/C26H18N7O9S2.Y/c34-23-21(44(41,42)33-18-7-3-15(4-8-18)25(37)38)12-16-11-19(9-10-20(16)22(23)29-31-26-27-13-28-30-26)43(39,40)32-17-5-1-14(2-6-17)24(35)36;/h1-12,29,32-34H,(H,35,36)(H,37,38);/q-1;. The maximum absolute atomic E-state index is 13.4. The number of carboxylic acid groups (broad SMARTS) is 2. The normalized spacial score (nSPS) is 13.4. The van der Waals surface area contributed by atoms with E-state index in [1.807, 2.05) is 0 Å². The second-order valence-electron chi connectivity index (χ2n) is 8.89. The first-order valence-electron chi connectivity index (χ1n) is 12.1. The van der Waals surface area contributed by atoms with E-state index in [9.17, 15) is 31.5 Å². The average Bonchev–Trinajstić information content (AvgIpc) is 3.50. The van der Waals surface area contributed by atoms with Gasteiger partial charge >= 0.3 is 11.9 Å². The summed E-state index contributed by atoms with van der Waals surface area (Å²) in [6.07, 6.45) is 2.19. The van der Waals surface area contributed by atoms with Crippen LogP contribution in [-0.4, -0.2) is 56.4 Å². The molecule has 19 heteroatoms. The van der Waals surface area contributed by atoms with Crippen LogP contribution in [0.15, 0.2) is 103 Å². The van der Waals surface area contributed by atoms with Crippen LogP contribution < -0.4 is 14.9 Å². The first-order chi connectivity index (χ1) is 20.8. The molecule has 0 spiro atoms. The number of hydrazone groups is 1. The Kier molecular flexibility index (Phi) is 9.62. The Bertz CT molecular complexity index is 2120. The van der Waals surface area contributed by atoms with Gasteiger partial charge in [-0.15, -0.1) is 0 Å². The summed E-state index contributed by atoms with van der Waals surface area (Å²) in [5, 5.41) is 40.3. The number of phenols is 1. The van der Waals surface area contributed by atoms with Gasteiger partial charge in [0.15, 0.2) is 5.75 Å². The molecule has 4 aromatic rings. The molecule has 16 nitrogen and oxygen atoms in total. The molecule has 0 aliphatic carbocycles. The SMILES string of the molecule is O=C(O)c1ccc(NS(=O)(=O)c2ccc3c(NN=C4N=[C-]N=N4)c(O)c(S(=O)(=O)Nc4ccc(C(=O)O)cc4)cc3c2)cc1.[Y]. The molecule has 6 N–H and O–H groups in total. The molecule has 1 aliphatic rings. The van der Waals surface area contributed by atoms with E-state index >= 15 is 0 Å². The zero-order valence-electron chi connectivity index (χ0n) is 22.4. The van der Waals surface area contributed by atoms with Crippen LogP contribution in [-0.2, 0) is 52.8 Å². The second-order valence-corrected chi connectivity index (χ2v) is 12.2. The molecule has 1 radical (unpaired) electrons. The van der Waals surface area contributed by atoms with E-state index in [2.05, 4.69) is 41.5 Å². The van der Waals surface area contributed by atoms with Crippen molar-refractivity contribution in [1.29, 1.82) is 0 Å². The predicted molar refractivity (Wildman–Crippen MR) is 157 cm³/mol. The number of fused-ring (bicyclic) bond motifs is 1. The van der Waals surface area contributed by atoms with Crippen molar-refractivity contribution in [2.75, 3.05) is 14.9 Å². The van der Waals surface area contributed by atoms with Gasteiger partial charge in [0.25, 0.3) is 20.0 Å². The monoisotopic (exact) mass is 725 g/mol. The molecule has 0 saturated carbocycles. The molecule has 0 amide bonds. The number of sulfonamides is 2. The van der Waals surface area contributed by atoms with Crippen molar-refractivity contribution >= 4 is 72.1 Å². The number of aromatic carboxylic acids is 2. The molecule has 1 heterocycles. The summed E-state index contributed by atoms with van der Waals surface area (Å²) < 4.78 is 57.8. The van der Waals surface area contributed by atoms with Crippen LogP contribution in [0, 0.1) is 0 Å². The minimum atomic E-state index is -4.56. The minimum Gasteiger partial charge on any atom is -0.504 e. The number of carboxylic acids is 2. The van der Waals surface area contributed by atoms with E-state index in [-0.39, 0.29) is 82.5 Å². The number of nitrogens with one attached hydrogen (secondary N) is 3. The van der Waals surface area contributed by atoms with Gasteiger partial charge in [-0.1, -0.05) is 6.07 Å². The van der Waals surface area contributed by atoms with Gasteiger partial charge < -0.3 is 20.3 Å². The number of nitrogens with zero attached hydrogens (tertiary/aromatic N) is 4. The van der Waals surface area contributed by atoms with Gasteiger partial charge in [0.1, 0.15) is 16.5 Å². The molecule has 5 rings (SSSR count). The van der Waals surface area contributed by atoms with Gasteiger partial charge in [-0.2, -0.15) is 0 Å². The number of phenolic OH excluding ortho intramolecular Hbond substituents is 1. The van der Waals surface area contributed by atoms with E-state index in [0.717, 1.165) is 12.1 Å². The molecule has 45 heavy (non-hydrogen) atoms. The quantitative estimate of drug-likeness (QED) is 0.0787. The van der Waals surface area contributed by atoms with E-state index in [0.29, 0.717) is 0 Å². The predicted octanol–water partition coefficient (Wildman–Crippen LogP) is 3.59. The Morgan fingerprint density at radius 3 is 1.84 bits per heavy atom. The van der Waals surface area contributed by atoms with Gasteiger partial charge in [-0.25, -0.2) is 36.6 Å².